The van der Waals surface area contributed by atoms with Crippen LogP contribution in [0.15, 0.2) is 17.0 Å². The molecule has 2 aromatic rings. The van der Waals surface area contributed by atoms with Crippen LogP contribution in [-0.2, 0) is 5.41 Å². The first kappa shape index (κ1) is 14.6. The first-order valence-corrected chi connectivity index (χ1v) is 8.25. The van der Waals surface area contributed by atoms with Gasteiger partial charge >= 0.3 is 0 Å². The number of nitrogens with zero attached hydrogens (tertiary/aromatic N) is 2. The minimum absolute atomic E-state index is 0.0972. The van der Waals surface area contributed by atoms with E-state index in [-0.39, 0.29) is 11.5 Å². The molecule has 104 valence electrons. The highest BCUT2D eigenvalue weighted by Crippen LogP contribution is 2.31. The van der Waals surface area contributed by atoms with Gasteiger partial charge in [0.25, 0.3) is 0 Å². The molecule has 0 saturated heterocycles. The molecule has 0 spiro atoms. The molecule has 0 saturated carbocycles. The highest BCUT2D eigenvalue weighted by molar-refractivity contribution is 7.11. The molecular formula is C14H21N3S2. The summed E-state index contributed by atoms with van der Waals surface area (Å²) in [5, 5.41) is 9.93. The second kappa shape index (κ2) is 5.69. The lowest BCUT2D eigenvalue weighted by Crippen LogP contribution is -2.29. The number of rotatable bonds is 4. The Kier molecular flexibility index (Phi) is 4.38. The fourth-order valence-corrected chi connectivity index (χ4v) is 3.60. The second-order valence-corrected chi connectivity index (χ2v) is 7.76. The van der Waals surface area contributed by atoms with Gasteiger partial charge in [0, 0.05) is 28.4 Å². The van der Waals surface area contributed by atoms with E-state index in [2.05, 4.69) is 50.3 Å². The Balaban J connectivity index is 2.31. The van der Waals surface area contributed by atoms with Gasteiger partial charge in [0.15, 0.2) is 0 Å². The minimum atomic E-state index is 0.0972. The van der Waals surface area contributed by atoms with E-state index in [0.717, 1.165) is 15.7 Å². The Morgan fingerprint density at radius 2 is 1.89 bits per heavy atom. The number of thiazole rings is 2. The molecule has 2 heterocycles. The molecule has 19 heavy (non-hydrogen) atoms. The Morgan fingerprint density at radius 3 is 2.37 bits per heavy atom. The molecule has 1 unspecified atom stereocenters. The van der Waals surface area contributed by atoms with Crippen molar-refractivity contribution in [2.24, 2.45) is 0 Å². The Morgan fingerprint density at radius 1 is 1.16 bits per heavy atom. The summed E-state index contributed by atoms with van der Waals surface area (Å²) in [6.07, 6.45) is 1.85. The summed E-state index contributed by atoms with van der Waals surface area (Å²) in [4.78, 5) is 9.25. The van der Waals surface area contributed by atoms with Crippen LogP contribution in [0.1, 0.15) is 56.4 Å². The highest BCUT2D eigenvalue weighted by Gasteiger charge is 2.24. The molecule has 0 fully saturated rings. The molecule has 1 N–H and O–H groups in total. The zero-order chi connectivity index (χ0) is 14.0. The molecule has 0 bridgehead atoms. The minimum Gasteiger partial charge on any atom is -0.300 e. The lowest BCUT2D eigenvalue weighted by atomic mass is 9.93. The van der Waals surface area contributed by atoms with Crippen LogP contribution in [0.5, 0.6) is 0 Å². The van der Waals surface area contributed by atoms with Crippen molar-refractivity contribution in [1.29, 1.82) is 0 Å². The maximum atomic E-state index is 4.81. The largest absolute Gasteiger partial charge is 0.300 e. The summed E-state index contributed by atoms with van der Waals surface area (Å²) >= 11 is 3.40. The average Bonchev–Trinajstić information content (AvgIpc) is 2.96. The van der Waals surface area contributed by atoms with Crippen molar-refractivity contribution in [2.75, 3.05) is 0 Å². The van der Waals surface area contributed by atoms with Crippen molar-refractivity contribution in [3.8, 4) is 0 Å². The fraction of sp³-hybridized carbons (Fsp3) is 0.571. The van der Waals surface area contributed by atoms with Crippen molar-refractivity contribution in [2.45, 2.75) is 52.1 Å². The highest BCUT2D eigenvalue weighted by atomic mass is 32.1. The van der Waals surface area contributed by atoms with Crippen LogP contribution in [0.3, 0.4) is 0 Å². The molecule has 0 amide bonds. The molecule has 5 heteroatoms. The van der Waals surface area contributed by atoms with Crippen LogP contribution in [-0.4, -0.2) is 16.0 Å². The van der Waals surface area contributed by atoms with Gasteiger partial charge < -0.3 is 5.32 Å². The third-order valence-electron chi connectivity index (χ3n) is 2.74. The van der Waals surface area contributed by atoms with Crippen molar-refractivity contribution in [3.63, 3.8) is 0 Å². The van der Waals surface area contributed by atoms with Gasteiger partial charge in [-0.05, 0) is 13.8 Å². The second-order valence-electron chi connectivity index (χ2n) is 5.95. The van der Waals surface area contributed by atoms with Gasteiger partial charge in [-0.2, -0.15) is 0 Å². The first-order chi connectivity index (χ1) is 8.88. The first-order valence-electron chi connectivity index (χ1n) is 6.49. The lowest BCUT2D eigenvalue weighted by molar-refractivity contribution is 0.518. The van der Waals surface area contributed by atoms with Gasteiger partial charge in [-0.3, -0.25) is 0 Å². The summed E-state index contributed by atoms with van der Waals surface area (Å²) in [5.74, 6) is 0. The van der Waals surface area contributed by atoms with E-state index >= 15 is 0 Å². The van der Waals surface area contributed by atoms with E-state index in [9.17, 15) is 0 Å². The number of hydrogen-bond donors (Lipinski definition) is 1. The molecular weight excluding hydrogens is 274 g/mol. The summed E-state index contributed by atoms with van der Waals surface area (Å²) in [6.45, 7) is 10.9. The van der Waals surface area contributed by atoms with Crippen molar-refractivity contribution in [1.82, 2.24) is 15.3 Å². The third kappa shape index (κ3) is 3.61. The SMILES string of the molecule is CC(C)NC(c1nccs1)c1nc(C(C)(C)C)cs1. The van der Waals surface area contributed by atoms with E-state index in [1.165, 1.54) is 0 Å². The molecule has 0 aliphatic rings. The van der Waals surface area contributed by atoms with Crippen LogP contribution < -0.4 is 5.32 Å². The summed E-state index contributed by atoms with van der Waals surface area (Å²) in [6, 6.07) is 0.511. The van der Waals surface area contributed by atoms with E-state index < -0.39 is 0 Å². The van der Waals surface area contributed by atoms with Gasteiger partial charge in [0.05, 0.1) is 5.69 Å². The normalized spacial score (nSPS) is 14.0. The Hall–Kier alpha value is -0.780. The molecule has 0 aliphatic carbocycles. The molecule has 3 nitrogen and oxygen atoms in total. The van der Waals surface area contributed by atoms with Crippen LogP contribution in [0.4, 0.5) is 0 Å². The topological polar surface area (TPSA) is 37.8 Å². The molecule has 0 aromatic carbocycles. The Labute approximate surface area is 123 Å². The van der Waals surface area contributed by atoms with Crippen LogP contribution >= 0.6 is 22.7 Å². The fourth-order valence-electron chi connectivity index (χ4n) is 1.72. The maximum Gasteiger partial charge on any atom is 0.117 e. The molecule has 1 atom stereocenters. The predicted molar refractivity (Wildman–Crippen MR) is 83.0 cm³/mol. The lowest BCUT2D eigenvalue weighted by Gasteiger charge is -2.18. The maximum absolute atomic E-state index is 4.81. The van der Waals surface area contributed by atoms with E-state index in [1.54, 1.807) is 22.7 Å². The Bertz CT molecular complexity index is 509. The quantitative estimate of drug-likeness (QED) is 0.927. The van der Waals surface area contributed by atoms with Gasteiger partial charge in [-0.15, -0.1) is 22.7 Å². The monoisotopic (exact) mass is 295 g/mol. The summed E-state index contributed by atoms with van der Waals surface area (Å²) in [7, 11) is 0. The molecule has 2 rings (SSSR count). The zero-order valence-electron chi connectivity index (χ0n) is 12.1. The zero-order valence-corrected chi connectivity index (χ0v) is 13.7. The van der Waals surface area contributed by atoms with Crippen LogP contribution in [0.2, 0.25) is 0 Å². The van der Waals surface area contributed by atoms with Crippen molar-refractivity contribution >= 4 is 22.7 Å². The van der Waals surface area contributed by atoms with Crippen molar-refractivity contribution < 1.29 is 0 Å². The summed E-state index contributed by atoms with van der Waals surface area (Å²) in [5.41, 5.74) is 1.25. The van der Waals surface area contributed by atoms with Crippen molar-refractivity contribution in [3.05, 3.63) is 32.7 Å². The van der Waals surface area contributed by atoms with Crippen LogP contribution in [0.25, 0.3) is 0 Å². The molecule has 2 aromatic heterocycles. The van der Waals surface area contributed by atoms with Gasteiger partial charge in [0.2, 0.25) is 0 Å². The average molecular weight is 295 g/mol. The van der Waals surface area contributed by atoms with E-state index in [0.29, 0.717) is 6.04 Å². The number of hydrogen-bond acceptors (Lipinski definition) is 5. The number of aromatic nitrogens is 2. The van der Waals surface area contributed by atoms with E-state index in [4.69, 9.17) is 4.98 Å². The molecule has 0 radical (unpaired) electrons. The third-order valence-corrected chi connectivity index (χ3v) is 4.49. The van der Waals surface area contributed by atoms with Crippen LogP contribution in [0, 0.1) is 0 Å². The number of nitrogens with one attached hydrogen (secondary N) is 1. The van der Waals surface area contributed by atoms with E-state index in [1.807, 2.05) is 11.6 Å². The summed E-state index contributed by atoms with van der Waals surface area (Å²) < 4.78 is 0. The standard InChI is InChI=1S/C14H21N3S2/c1-9(2)16-11(12-15-6-7-18-12)13-17-10(8-19-13)14(3,4)5/h6-9,11,16H,1-5H3. The van der Waals surface area contributed by atoms with Gasteiger partial charge in [0.1, 0.15) is 16.1 Å². The predicted octanol–water partition coefficient (Wildman–Crippen LogP) is 3.98. The smallest absolute Gasteiger partial charge is 0.117 e. The molecule has 0 aliphatic heterocycles. The van der Waals surface area contributed by atoms with Gasteiger partial charge in [-0.25, -0.2) is 9.97 Å². The van der Waals surface area contributed by atoms with Gasteiger partial charge in [-0.1, -0.05) is 20.8 Å².